The number of fused-ring (bicyclic) bond motifs is 1. The van der Waals surface area contributed by atoms with Crippen molar-refractivity contribution < 1.29 is 18.7 Å². The second-order valence-electron chi connectivity index (χ2n) is 10.4. The average molecular weight is 582 g/mol. The Morgan fingerprint density at radius 1 is 1.14 bits per heavy atom. The van der Waals surface area contributed by atoms with Crippen LogP contribution in [-0.2, 0) is 24.1 Å². The molecule has 1 aliphatic carbocycles. The molecule has 12 heteroatoms. The van der Waals surface area contributed by atoms with E-state index >= 15 is 4.39 Å². The number of halogens is 2. The van der Waals surface area contributed by atoms with Crippen molar-refractivity contribution in [2.75, 3.05) is 6.61 Å². The smallest absolute Gasteiger partial charge is 0.257 e. The summed E-state index contributed by atoms with van der Waals surface area (Å²) < 4.78 is 24.5. The minimum atomic E-state index is -1.85. The van der Waals surface area contributed by atoms with E-state index in [1.165, 1.54) is 35.9 Å². The standard InChI is InChI=1S/C30H21ClFN7O3/c1-38-13-24(37-17-38)27(40)19-8-22-26(23(32)9-19)30(20-2-4-21(31)5-3-20,42-16-29(15-34)6-7-29)39(28(22)41)14-25-35-11-18(10-33)12-36-25/h2-5,8-9,11-13,17H,6-7,14,16H2,1H3/t30-/m1/s1. The number of nitrogens with zero attached hydrogens (tertiary/aromatic N) is 7. The van der Waals surface area contributed by atoms with E-state index in [9.17, 15) is 14.9 Å². The quantitative estimate of drug-likeness (QED) is 0.281. The van der Waals surface area contributed by atoms with Crippen LogP contribution in [0.4, 0.5) is 4.39 Å². The first kappa shape index (κ1) is 27.2. The summed E-state index contributed by atoms with van der Waals surface area (Å²) in [6.07, 6.45) is 6.78. The lowest BCUT2D eigenvalue weighted by atomic mass is 9.90. The summed E-state index contributed by atoms with van der Waals surface area (Å²) >= 11 is 6.19. The Labute approximate surface area is 244 Å². The number of aryl methyl sites for hydroxylation is 1. The van der Waals surface area contributed by atoms with E-state index in [0.717, 1.165) is 6.07 Å². The van der Waals surface area contributed by atoms with Gasteiger partial charge >= 0.3 is 0 Å². The zero-order valence-electron chi connectivity index (χ0n) is 22.2. The molecule has 6 rings (SSSR count). The van der Waals surface area contributed by atoms with Crippen molar-refractivity contribution in [3.05, 3.63) is 111 Å². The van der Waals surface area contributed by atoms with Crippen molar-refractivity contribution in [3.63, 3.8) is 0 Å². The molecule has 1 saturated carbocycles. The van der Waals surface area contributed by atoms with Gasteiger partial charge in [0.05, 0.1) is 47.7 Å². The number of hydrogen-bond donors (Lipinski definition) is 0. The highest BCUT2D eigenvalue weighted by Gasteiger charge is 2.57. The molecule has 3 heterocycles. The summed E-state index contributed by atoms with van der Waals surface area (Å²) in [5, 5.41) is 19.4. The van der Waals surface area contributed by atoms with E-state index in [0.29, 0.717) is 23.4 Å². The number of carbonyl (C=O) groups excluding carboxylic acids is 2. The third-order valence-electron chi connectivity index (χ3n) is 7.50. The van der Waals surface area contributed by atoms with E-state index in [1.807, 2.05) is 6.07 Å². The number of hydrogen-bond acceptors (Lipinski definition) is 8. The zero-order valence-corrected chi connectivity index (χ0v) is 23.0. The Morgan fingerprint density at radius 3 is 2.45 bits per heavy atom. The first-order valence-corrected chi connectivity index (χ1v) is 13.3. The van der Waals surface area contributed by atoms with Crippen molar-refractivity contribution in [2.45, 2.75) is 25.1 Å². The molecule has 1 aliphatic heterocycles. The Bertz CT molecular complexity index is 1820. The first-order chi connectivity index (χ1) is 20.2. The monoisotopic (exact) mass is 581 g/mol. The summed E-state index contributed by atoms with van der Waals surface area (Å²) in [6, 6.07) is 13.0. The molecule has 0 saturated heterocycles. The molecule has 1 fully saturated rings. The zero-order chi connectivity index (χ0) is 29.6. The van der Waals surface area contributed by atoms with Crippen molar-refractivity contribution in [2.24, 2.45) is 12.5 Å². The highest BCUT2D eigenvalue weighted by molar-refractivity contribution is 6.30. The van der Waals surface area contributed by atoms with Gasteiger partial charge in [0.15, 0.2) is 5.72 Å². The van der Waals surface area contributed by atoms with Crippen LogP contribution in [0.15, 0.2) is 61.3 Å². The second-order valence-corrected chi connectivity index (χ2v) is 10.8. The highest BCUT2D eigenvalue weighted by Crippen LogP contribution is 2.52. The number of nitriles is 2. The van der Waals surface area contributed by atoms with Crippen LogP contribution in [0.2, 0.25) is 5.02 Å². The Kier molecular flexibility index (Phi) is 6.57. The van der Waals surface area contributed by atoms with E-state index in [4.69, 9.17) is 21.6 Å². The molecule has 2 aromatic heterocycles. The van der Waals surface area contributed by atoms with Crippen molar-refractivity contribution in [1.29, 1.82) is 10.5 Å². The highest BCUT2D eigenvalue weighted by atomic mass is 35.5. The molecule has 2 aliphatic rings. The average Bonchev–Trinajstić information content (AvgIpc) is 3.59. The van der Waals surface area contributed by atoms with Crippen LogP contribution in [0.25, 0.3) is 0 Å². The third kappa shape index (κ3) is 4.49. The van der Waals surface area contributed by atoms with Crippen LogP contribution in [0.5, 0.6) is 0 Å². The molecule has 4 aromatic rings. The lowest BCUT2D eigenvalue weighted by molar-refractivity contribution is -0.122. The molecule has 42 heavy (non-hydrogen) atoms. The third-order valence-corrected chi connectivity index (χ3v) is 7.75. The van der Waals surface area contributed by atoms with Crippen LogP contribution < -0.4 is 0 Å². The van der Waals surface area contributed by atoms with Gasteiger partial charge in [-0.05, 0) is 37.1 Å². The molecule has 2 aromatic carbocycles. The van der Waals surface area contributed by atoms with Gasteiger partial charge in [0.1, 0.15) is 23.4 Å². The van der Waals surface area contributed by atoms with Crippen LogP contribution in [-0.4, -0.2) is 42.7 Å². The Morgan fingerprint density at radius 2 is 1.86 bits per heavy atom. The van der Waals surface area contributed by atoms with Crippen molar-refractivity contribution in [1.82, 2.24) is 24.4 Å². The van der Waals surface area contributed by atoms with Crippen LogP contribution in [0.1, 0.15) is 61.8 Å². The summed E-state index contributed by atoms with van der Waals surface area (Å²) in [5.74, 6) is -1.87. The summed E-state index contributed by atoms with van der Waals surface area (Å²) in [6.45, 7) is -0.317. The lowest BCUT2D eigenvalue weighted by Crippen LogP contribution is -2.48. The van der Waals surface area contributed by atoms with Crippen molar-refractivity contribution in [3.8, 4) is 12.1 Å². The minimum absolute atomic E-state index is 0.0598. The number of aromatic nitrogens is 4. The fraction of sp³-hybridized carbons (Fsp3) is 0.233. The predicted octanol–water partition coefficient (Wildman–Crippen LogP) is 4.28. The van der Waals surface area contributed by atoms with Gasteiger partial charge in [-0.2, -0.15) is 10.5 Å². The molecule has 0 unspecified atom stereocenters. The molecular weight excluding hydrogens is 561 g/mol. The van der Waals surface area contributed by atoms with Gasteiger partial charge in [-0.1, -0.05) is 23.7 Å². The maximum Gasteiger partial charge on any atom is 0.257 e. The van der Waals surface area contributed by atoms with Gasteiger partial charge in [0.25, 0.3) is 5.91 Å². The number of ketones is 1. The van der Waals surface area contributed by atoms with Gasteiger partial charge in [-0.3, -0.25) is 14.5 Å². The molecule has 0 N–H and O–H groups in total. The van der Waals surface area contributed by atoms with E-state index in [-0.39, 0.29) is 46.9 Å². The van der Waals surface area contributed by atoms with Gasteiger partial charge in [0.2, 0.25) is 5.78 Å². The van der Waals surface area contributed by atoms with Gasteiger partial charge in [0, 0.05) is 41.8 Å². The predicted molar refractivity (Wildman–Crippen MR) is 145 cm³/mol. The molecule has 10 nitrogen and oxygen atoms in total. The summed E-state index contributed by atoms with van der Waals surface area (Å²) in [5.41, 5.74) is -2.17. The largest absolute Gasteiger partial charge is 0.345 e. The molecule has 0 spiro atoms. The van der Waals surface area contributed by atoms with E-state index < -0.39 is 28.6 Å². The number of amides is 1. The normalized spacial score (nSPS) is 18.3. The molecule has 0 bridgehead atoms. The van der Waals surface area contributed by atoms with Crippen LogP contribution >= 0.6 is 11.6 Å². The maximum absolute atomic E-state index is 16.4. The number of benzene rings is 2. The first-order valence-electron chi connectivity index (χ1n) is 12.9. The van der Waals surface area contributed by atoms with Gasteiger partial charge < -0.3 is 9.30 Å². The molecule has 1 atom stereocenters. The molecule has 1 amide bonds. The number of carbonyl (C=O) groups is 2. The molecule has 208 valence electrons. The second kappa shape index (κ2) is 10.1. The molecule has 0 radical (unpaired) electrons. The molecular formula is C30H21ClFN7O3. The fourth-order valence-corrected chi connectivity index (χ4v) is 5.19. The van der Waals surface area contributed by atoms with Gasteiger partial charge in [-0.25, -0.2) is 19.3 Å². The minimum Gasteiger partial charge on any atom is -0.345 e. The lowest BCUT2D eigenvalue weighted by Gasteiger charge is -2.39. The summed E-state index contributed by atoms with van der Waals surface area (Å²) in [4.78, 5) is 41.2. The van der Waals surface area contributed by atoms with Crippen LogP contribution in [0, 0.1) is 33.9 Å². The fourth-order valence-electron chi connectivity index (χ4n) is 5.06. The van der Waals surface area contributed by atoms with Gasteiger partial charge in [-0.15, -0.1) is 0 Å². The topological polar surface area (TPSA) is 138 Å². The van der Waals surface area contributed by atoms with Crippen LogP contribution in [0.3, 0.4) is 0 Å². The summed E-state index contributed by atoms with van der Waals surface area (Å²) in [7, 11) is 1.70. The number of rotatable bonds is 8. The SMILES string of the molecule is Cn1cnc(C(=O)c2cc(F)c3c(c2)C(=O)N(Cc2ncc(C#N)cn2)[C@@]3(OCC2(C#N)CC2)c2ccc(Cl)cc2)c1. The van der Waals surface area contributed by atoms with Crippen molar-refractivity contribution >= 4 is 23.3 Å². The number of ether oxygens (including phenoxy) is 1. The number of imidazole rings is 1. The Hall–Kier alpha value is -4.97. The maximum atomic E-state index is 16.4. The van der Waals surface area contributed by atoms with E-state index in [1.54, 1.807) is 35.9 Å². The van der Waals surface area contributed by atoms with E-state index in [2.05, 4.69) is 21.0 Å². The Balaban J connectivity index is 1.55.